The van der Waals surface area contributed by atoms with Gasteiger partial charge in [0.25, 0.3) is 15.7 Å². The Balaban J connectivity index is 0.896. The monoisotopic (exact) mass is 1260 g/mol. The van der Waals surface area contributed by atoms with Crippen LogP contribution in [0.4, 0.5) is 16.4 Å². The molecule has 33 heteroatoms. The maximum absolute atomic E-state index is 13.1. The van der Waals surface area contributed by atoms with Gasteiger partial charge in [0.2, 0.25) is 17.2 Å². The van der Waals surface area contributed by atoms with Crippen LogP contribution in [0.15, 0.2) is 105 Å². The van der Waals surface area contributed by atoms with Gasteiger partial charge in [0.1, 0.15) is 36.8 Å². The number of hydrogen-bond acceptors (Lipinski definition) is 19. The molecule has 2 unspecified atom stereocenters. The van der Waals surface area contributed by atoms with Gasteiger partial charge in [-0.1, -0.05) is 62.8 Å². The first-order valence-corrected chi connectivity index (χ1v) is 32.5. The van der Waals surface area contributed by atoms with Crippen molar-refractivity contribution in [2.75, 3.05) is 50.0 Å². The van der Waals surface area contributed by atoms with Crippen molar-refractivity contribution in [1.29, 1.82) is 0 Å². The second kappa shape index (κ2) is 26.1. The molecule has 458 valence electrons. The number of phosphoric acid groups is 3. The first kappa shape index (κ1) is 64.3. The molecule has 11 N–H and O–H groups in total. The Kier molecular flexibility index (Phi) is 19.7. The third kappa shape index (κ3) is 15.3. The number of ether oxygens (including phenoxy) is 2. The normalized spacial score (nSPS) is 19.8. The summed E-state index contributed by atoms with van der Waals surface area (Å²) in [4.78, 5) is 88.0. The fraction of sp³-hybridized carbons (Fsp3) is 0.385. The lowest BCUT2D eigenvalue weighted by molar-refractivity contribution is -0.121. The molecule has 3 aliphatic heterocycles. The summed E-state index contributed by atoms with van der Waals surface area (Å²) in [5.41, 5.74) is 9.79. The smallest absolute Gasteiger partial charge is 0.456 e. The fourth-order valence-corrected chi connectivity index (χ4v) is 13.7. The molecular formula is C52H65N9O20P3S+. The highest BCUT2D eigenvalue weighted by Gasteiger charge is 2.50. The van der Waals surface area contributed by atoms with Gasteiger partial charge >= 0.3 is 29.6 Å². The number of nitrogens with zero attached hydrogens (tertiary/aromatic N) is 5. The number of aromatic amines is 1. The van der Waals surface area contributed by atoms with Crippen LogP contribution >= 0.6 is 23.5 Å². The number of carbonyl (C=O) groups is 2. The van der Waals surface area contributed by atoms with E-state index in [1.54, 1.807) is 6.07 Å². The molecule has 4 aliphatic rings. The zero-order chi connectivity index (χ0) is 61.8. The number of benzene rings is 3. The highest BCUT2D eigenvalue weighted by molar-refractivity contribution is 7.85. The quantitative estimate of drug-likeness (QED) is 0.0161. The minimum atomic E-state index is -5.93. The molecule has 0 radical (unpaired) electrons. The third-order valence-electron chi connectivity index (χ3n) is 14.2. The van der Waals surface area contributed by atoms with Crippen LogP contribution in [0, 0.1) is 6.92 Å². The highest BCUT2D eigenvalue weighted by Crippen LogP contribution is 2.66. The zero-order valence-corrected chi connectivity index (χ0v) is 50.0. The van der Waals surface area contributed by atoms with Crippen LogP contribution in [0.25, 0.3) is 39.9 Å². The molecule has 8 rings (SSSR count). The molecule has 6 atom stereocenters. The van der Waals surface area contributed by atoms with E-state index in [2.05, 4.69) is 75.7 Å². The number of amides is 2. The summed E-state index contributed by atoms with van der Waals surface area (Å²) in [7, 11) is -21.9. The van der Waals surface area contributed by atoms with Crippen LogP contribution < -0.4 is 36.8 Å². The number of unbranched alkanes of at least 4 members (excludes halogenated alkanes) is 2. The number of anilines is 2. The fourth-order valence-electron chi connectivity index (χ4n) is 10.2. The van der Waals surface area contributed by atoms with Gasteiger partial charge in [-0.05, 0) is 75.1 Å². The van der Waals surface area contributed by atoms with Gasteiger partial charge in [-0.15, -0.1) is 0 Å². The summed E-state index contributed by atoms with van der Waals surface area (Å²) in [5.74, 6) is 0.749. The lowest BCUT2D eigenvalue weighted by Gasteiger charge is -2.27. The van der Waals surface area contributed by atoms with E-state index in [0.29, 0.717) is 31.4 Å². The van der Waals surface area contributed by atoms with Crippen LogP contribution in [0.3, 0.4) is 0 Å². The van der Waals surface area contributed by atoms with Gasteiger partial charge in [0.05, 0.1) is 23.9 Å². The van der Waals surface area contributed by atoms with Gasteiger partial charge in [0, 0.05) is 65.6 Å². The lowest BCUT2D eigenvalue weighted by atomic mass is 9.83. The second-order valence-corrected chi connectivity index (χ2v) is 26.0. The van der Waals surface area contributed by atoms with Crippen LogP contribution in [0.2, 0.25) is 0 Å². The number of nitrogen functional groups attached to an aromatic ring is 1. The van der Waals surface area contributed by atoms with Gasteiger partial charge in [0.15, 0.2) is 23.5 Å². The number of imidazole rings is 1. The summed E-state index contributed by atoms with van der Waals surface area (Å²) >= 11 is 0. The Bertz CT molecular complexity index is 3920. The van der Waals surface area contributed by atoms with Crippen LogP contribution in [0.5, 0.6) is 0 Å². The van der Waals surface area contributed by atoms with Crippen molar-refractivity contribution < 1.29 is 88.0 Å². The first-order valence-electron chi connectivity index (χ1n) is 26.6. The summed E-state index contributed by atoms with van der Waals surface area (Å²) in [6.45, 7) is 10.9. The molecule has 2 aromatic carbocycles. The molecule has 4 aromatic rings. The Hall–Kier alpha value is -6.72. The number of alkyl carbamates (subject to hydrolysis) is 1. The average Bonchev–Trinajstić information content (AvgIpc) is 4.22. The molecule has 2 aromatic heterocycles. The zero-order valence-electron chi connectivity index (χ0n) is 46.5. The predicted molar refractivity (Wildman–Crippen MR) is 308 cm³/mol. The number of aliphatic hydroxyl groups excluding tert-OH is 1. The number of aliphatic hydroxyl groups is 1. The van der Waals surface area contributed by atoms with Crippen molar-refractivity contribution in [3.05, 3.63) is 123 Å². The molecule has 0 spiro atoms. The van der Waals surface area contributed by atoms with E-state index in [1.165, 1.54) is 12.1 Å². The molecule has 1 aliphatic carbocycles. The van der Waals surface area contributed by atoms with Crippen LogP contribution in [-0.4, -0.2) is 127 Å². The SMILES string of the molecule is CC[N+](CC)=c1ccc2c(/C=C/C=C3/N(CCCCCC(=O)NCCNC(=O)O[C@H]4[C@@H](O)[C@H](n5cnc6c(=O)[nH]c(N)nc65)O[C@@H]4COP(=O)(O)OP(=O)(O)OP(=O)(O)O)c4ccc(S(=O)(=O)O)cc4C3(C)C)c(C)c(-c3ccccc3)oc-2c1. The number of allylic oxidation sites excluding steroid dienone is 3. The number of H-pyrrole nitrogens is 1. The molecule has 1 saturated heterocycles. The van der Waals surface area contributed by atoms with E-state index < -0.39 is 81.8 Å². The number of fused-ring (bicyclic) bond motifs is 3. The molecule has 85 heavy (non-hydrogen) atoms. The molecular weight excluding hydrogens is 1200 g/mol. The van der Waals surface area contributed by atoms with Gasteiger partial charge in [-0.2, -0.15) is 22.0 Å². The van der Waals surface area contributed by atoms with Gasteiger partial charge in [-0.3, -0.25) is 28.2 Å². The summed E-state index contributed by atoms with van der Waals surface area (Å²) < 4.78 is 104. The number of rotatable bonds is 24. The van der Waals surface area contributed by atoms with Crippen LogP contribution in [0.1, 0.15) is 76.3 Å². The van der Waals surface area contributed by atoms with Crippen molar-refractivity contribution in [2.45, 2.75) is 95.2 Å². The largest absolute Gasteiger partial charge is 0.490 e. The number of nitrogens with two attached hydrogens (primary N) is 1. The maximum atomic E-state index is 13.1. The van der Waals surface area contributed by atoms with E-state index >= 15 is 0 Å². The summed E-state index contributed by atoms with van der Waals surface area (Å²) in [6.07, 6.45) is 0.594. The number of nitrogens with one attached hydrogen (secondary N) is 3. The molecule has 29 nitrogen and oxygen atoms in total. The Labute approximate surface area is 486 Å². The number of carbonyl (C=O) groups excluding carboxylic acids is 2. The molecule has 5 heterocycles. The molecule has 1 fully saturated rings. The van der Waals surface area contributed by atoms with Crippen molar-refractivity contribution in [1.82, 2.24) is 34.7 Å². The van der Waals surface area contributed by atoms with E-state index in [0.717, 1.165) is 74.5 Å². The van der Waals surface area contributed by atoms with E-state index in [-0.39, 0.29) is 47.4 Å². The first-order chi connectivity index (χ1) is 40.0. The topological polar surface area (TPSA) is 420 Å². The van der Waals surface area contributed by atoms with Crippen LogP contribution in [-0.2, 0) is 56.6 Å². The van der Waals surface area contributed by atoms with Crippen molar-refractivity contribution in [2.24, 2.45) is 0 Å². The number of hydrogen-bond donors (Lipinski definition) is 10. The van der Waals surface area contributed by atoms with Gasteiger partial charge in [-0.25, -0.2) is 28.0 Å². The number of phosphoric ester groups is 1. The molecule has 0 bridgehead atoms. The average molecular weight is 1260 g/mol. The third-order valence-corrected chi connectivity index (χ3v) is 18.8. The Morgan fingerprint density at radius 3 is 2.36 bits per heavy atom. The Morgan fingerprint density at radius 2 is 1.67 bits per heavy atom. The summed E-state index contributed by atoms with van der Waals surface area (Å²) in [5, 5.41) is 17.5. The van der Waals surface area contributed by atoms with E-state index in [4.69, 9.17) is 33.9 Å². The van der Waals surface area contributed by atoms with Crippen molar-refractivity contribution >= 4 is 74.5 Å². The minimum absolute atomic E-state index is 0.0940. The molecule has 2 amide bonds. The number of aromatic nitrogens is 4. The maximum Gasteiger partial charge on any atom is 0.490 e. The van der Waals surface area contributed by atoms with E-state index in [1.807, 2.05) is 69.3 Å². The predicted octanol–water partition coefficient (Wildman–Crippen LogP) is 5.20. The summed E-state index contributed by atoms with van der Waals surface area (Å²) in [6, 6.07) is 20.6. The van der Waals surface area contributed by atoms with Gasteiger partial charge < -0.3 is 59.8 Å². The highest BCUT2D eigenvalue weighted by atomic mass is 32.2. The minimum Gasteiger partial charge on any atom is -0.456 e. The second-order valence-electron chi connectivity index (χ2n) is 20.2. The van der Waals surface area contributed by atoms with Crippen molar-refractivity contribution in [3.8, 4) is 22.6 Å². The lowest BCUT2D eigenvalue weighted by Crippen LogP contribution is -2.42. The van der Waals surface area contributed by atoms with Crippen molar-refractivity contribution in [3.63, 3.8) is 0 Å². The molecule has 0 saturated carbocycles. The standard InChI is InChI=1S/C52H64N9O20P3S/c1-6-59(7-2)33-20-22-36-35(31(3)45(77-39(36)27-33)32-15-10-8-11-16-32)17-14-18-41-52(4,5)37-28-34(85(73,74)75)21-23-38(37)60(41)26-13-9-12-19-42(62)54-24-25-55-51(65)79-46-40(29-76-83(69,70)81-84(71,72)80-82(66,67)68)78-49(44(46)63)61-30-56-43-47(61)57-50(53)58-48(43)64/h8,10-11,14-18,20-23,27-28,30,40,44,46,49,63H,6-7,9,12-13,19,24-26,29H2,1-5H3,(H9-,53,54,55,57,58,62,64,65,66,67,68,69,70,71,72,73,74,75)/p+1/t40-,44-,46-,49-/m1/s1. The Morgan fingerprint density at radius 1 is 0.953 bits per heavy atom. The van der Waals surface area contributed by atoms with E-state index in [9.17, 15) is 55.9 Å².